The van der Waals surface area contributed by atoms with Crippen molar-refractivity contribution in [1.29, 1.82) is 0 Å². The number of nitrogens with one attached hydrogen (secondary N) is 3. The summed E-state index contributed by atoms with van der Waals surface area (Å²) in [7, 11) is 0. The summed E-state index contributed by atoms with van der Waals surface area (Å²) in [5.41, 5.74) is 5.56. The van der Waals surface area contributed by atoms with Crippen LogP contribution in [0.2, 0.25) is 0 Å². The smallest absolute Gasteiger partial charge is 0.262 e. The number of nitrogens with zero attached hydrogens (tertiary/aromatic N) is 1. The molecule has 0 aliphatic heterocycles. The van der Waals surface area contributed by atoms with Gasteiger partial charge in [-0.05, 0) is 12.0 Å². The predicted molar refractivity (Wildman–Crippen MR) is 76.8 cm³/mol. The summed E-state index contributed by atoms with van der Waals surface area (Å²) in [4.78, 5) is 21.3. The van der Waals surface area contributed by atoms with E-state index >= 15 is 0 Å². The van der Waals surface area contributed by atoms with E-state index < -0.39 is 23.9 Å². The summed E-state index contributed by atoms with van der Waals surface area (Å²) in [5, 5.41) is 33.2. The summed E-state index contributed by atoms with van der Waals surface area (Å²) < 4.78 is 0. The van der Waals surface area contributed by atoms with Gasteiger partial charge < -0.3 is 31.4 Å². The SMILES string of the molecule is Nc1nc2[nH]cc(CN[C@]34C[C@H]3[C@@H](O)[C@H](O)[C@@H]4O)c2c(=O)[nH]1. The molecule has 4 rings (SSSR count). The number of rotatable bonds is 3. The number of H-pyrrole nitrogens is 2. The zero-order valence-electron chi connectivity index (χ0n) is 11.6. The zero-order chi connectivity index (χ0) is 15.6. The number of hydrogen-bond acceptors (Lipinski definition) is 7. The first-order chi connectivity index (χ1) is 10.4. The number of aliphatic hydroxyl groups excluding tert-OH is 3. The van der Waals surface area contributed by atoms with Crippen molar-refractivity contribution in [3.8, 4) is 0 Å². The maximum Gasteiger partial charge on any atom is 0.262 e. The predicted octanol–water partition coefficient (Wildman–Crippen LogP) is -2.22. The number of fused-ring (bicyclic) bond motifs is 2. The fraction of sp³-hybridized carbons (Fsp3) is 0.538. The van der Waals surface area contributed by atoms with Crippen LogP contribution in [0.15, 0.2) is 11.0 Å². The van der Waals surface area contributed by atoms with Crippen molar-refractivity contribution in [2.75, 3.05) is 5.73 Å². The average Bonchev–Trinajstić information content (AvgIpc) is 3.02. The molecular weight excluding hydrogens is 290 g/mol. The van der Waals surface area contributed by atoms with Crippen LogP contribution in [0.25, 0.3) is 11.0 Å². The Balaban J connectivity index is 1.60. The second-order valence-corrected chi connectivity index (χ2v) is 6.12. The highest BCUT2D eigenvalue weighted by atomic mass is 16.4. The lowest BCUT2D eigenvalue weighted by Crippen LogP contribution is -2.45. The Labute approximate surface area is 124 Å². The van der Waals surface area contributed by atoms with Crippen molar-refractivity contribution < 1.29 is 15.3 Å². The normalized spacial score (nSPS) is 36.7. The topological polar surface area (TPSA) is 160 Å². The molecule has 118 valence electrons. The van der Waals surface area contributed by atoms with Gasteiger partial charge in [-0.3, -0.25) is 9.78 Å². The van der Waals surface area contributed by atoms with Crippen molar-refractivity contribution >= 4 is 17.0 Å². The lowest BCUT2D eigenvalue weighted by molar-refractivity contribution is -0.0443. The molecule has 22 heavy (non-hydrogen) atoms. The van der Waals surface area contributed by atoms with Gasteiger partial charge in [0.15, 0.2) is 0 Å². The highest BCUT2D eigenvalue weighted by molar-refractivity contribution is 5.79. The molecule has 2 fully saturated rings. The summed E-state index contributed by atoms with van der Waals surface area (Å²) >= 11 is 0. The van der Waals surface area contributed by atoms with Crippen LogP contribution in [0.4, 0.5) is 5.95 Å². The fourth-order valence-corrected chi connectivity index (χ4v) is 3.63. The molecule has 9 nitrogen and oxygen atoms in total. The van der Waals surface area contributed by atoms with Gasteiger partial charge in [-0.15, -0.1) is 0 Å². The molecule has 0 saturated heterocycles. The molecule has 0 bridgehead atoms. The van der Waals surface area contributed by atoms with Gasteiger partial charge in [-0.2, -0.15) is 4.98 Å². The molecule has 5 atom stereocenters. The van der Waals surface area contributed by atoms with E-state index in [1.807, 2.05) is 0 Å². The standard InChI is InChI=1S/C13H17N5O4/c14-12-17-10-6(11(22)18-12)4(2-15-10)3-16-13-1-5(13)7(19)8(20)9(13)21/h2,5,7-9,16,19-21H,1,3H2,(H4,14,15,17,18,22)/t5-,7+,8-,9-,13+/m0/s1. The van der Waals surface area contributed by atoms with Crippen LogP contribution in [0, 0.1) is 5.92 Å². The van der Waals surface area contributed by atoms with Gasteiger partial charge >= 0.3 is 0 Å². The molecule has 2 aromatic heterocycles. The van der Waals surface area contributed by atoms with Gasteiger partial charge in [0, 0.05) is 18.7 Å². The fourth-order valence-electron chi connectivity index (χ4n) is 3.63. The Morgan fingerprint density at radius 1 is 1.41 bits per heavy atom. The molecule has 0 amide bonds. The molecule has 0 radical (unpaired) electrons. The maximum atomic E-state index is 12.0. The van der Waals surface area contributed by atoms with Crippen LogP contribution < -0.4 is 16.6 Å². The second-order valence-electron chi connectivity index (χ2n) is 6.12. The van der Waals surface area contributed by atoms with E-state index in [-0.39, 0.29) is 17.4 Å². The first-order valence-corrected chi connectivity index (χ1v) is 7.09. The van der Waals surface area contributed by atoms with Crippen LogP contribution in [-0.4, -0.2) is 54.1 Å². The van der Waals surface area contributed by atoms with E-state index in [9.17, 15) is 20.1 Å². The molecule has 0 aromatic carbocycles. The molecule has 2 aliphatic carbocycles. The minimum atomic E-state index is -1.14. The van der Waals surface area contributed by atoms with Crippen molar-refractivity contribution in [1.82, 2.24) is 20.3 Å². The molecule has 9 heteroatoms. The van der Waals surface area contributed by atoms with Crippen LogP contribution in [0.1, 0.15) is 12.0 Å². The van der Waals surface area contributed by atoms with Gasteiger partial charge in [-0.1, -0.05) is 0 Å². The van der Waals surface area contributed by atoms with Gasteiger partial charge in [0.2, 0.25) is 5.95 Å². The average molecular weight is 307 g/mol. The number of nitrogens with two attached hydrogens (primary N) is 1. The van der Waals surface area contributed by atoms with E-state index in [1.165, 1.54) is 0 Å². The van der Waals surface area contributed by atoms with Crippen molar-refractivity contribution in [2.45, 2.75) is 36.8 Å². The molecular formula is C13H17N5O4. The zero-order valence-corrected chi connectivity index (χ0v) is 11.6. The molecule has 2 heterocycles. The van der Waals surface area contributed by atoms with Crippen LogP contribution in [0.5, 0.6) is 0 Å². The molecule has 2 saturated carbocycles. The van der Waals surface area contributed by atoms with Crippen molar-refractivity contribution in [3.05, 3.63) is 22.1 Å². The lowest BCUT2D eigenvalue weighted by Gasteiger charge is -2.22. The molecule has 0 unspecified atom stereocenters. The largest absolute Gasteiger partial charge is 0.390 e. The maximum absolute atomic E-state index is 12.0. The summed E-state index contributed by atoms with van der Waals surface area (Å²) in [6.07, 6.45) is -0.836. The van der Waals surface area contributed by atoms with Gasteiger partial charge in [0.25, 0.3) is 5.56 Å². The van der Waals surface area contributed by atoms with E-state index in [2.05, 4.69) is 20.3 Å². The Morgan fingerprint density at radius 3 is 2.86 bits per heavy atom. The third kappa shape index (κ3) is 1.67. The van der Waals surface area contributed by atoms with Crippen LogP contribution in [0.3, 0.4) is 0 Å². The Hall–Kier alpha value is -1.94. The summed E-state index contributed by atoms with van der Waals surface area (Å²) in [6.45, 7) is 0.307. The molecule has 2 aromatic rings. The third-order valence-electron chi connectivity index (χ3n) is 4.92. The van der Waals surface area contributed by atoms with Gasteiger partial charge in [0.1, 0.15) is 17.9 Å². The summed E-state index contributed by atoms with van der Waals surface area (Å²) in [5.74, 6) is -0.132. The first kappa shape index (κ1) is 13.7. The molecule has 2 aliphatic rings. The number of nitrogen functional groups attached to an aromatic ring is 1. The van der Waals surface area contributed by atoms with E-state index in [4.69, 9.17) is 5.73 Å². The van der Waals surface area contributed by atoms with Crippen molar-refractivity contribution in [3.63, 3.8) is 0 Å². The highest BCUT2D eigenvalue weighted by Crippen LogP contribution is 2.56. The Bertz CT molecular complexity index is 799. The molecule has 0 spiro atoms. The highest BCUT2D eigenvalue weighted by Gasteiger charge is 2.70. The number of aromatic nitrogens is 3. The van der Waals surface area contributed by atoms with Crippen LogP contribution >= 0.6 is 0 Å². The molecule has 8 N–H and O–H groups in total. The van der Waals surface area contributed by atoms with E-state index in [1.54, 1.807) is 6.20 Å². The van der Waals surface area contributed by atoms with Gasteiger partial charge in [-0.25, -0.2) is 0 Å². The van der Waals surface area contributed by atoms with E-state index in [0.29, 0.717) is 29.6 Å². The number of anilines is 1. The number of aliphatic hydroxyl groups is 3. The van der Waals surface area contributed by atoms with Crippen LogP contribution in [-0.2, 0) is 6.54 Å². The van der Waals surface area contributed by atoms with Crippen molar-refractivity contribution in [2.24, 2.45) is 5.92 Å². The number of aromatic amines is 2. The monoisotopic (exact) mass is 307 g/mol. The Morgan fingerprint density at radius 2 is 2.18 bits per heavy atom. The quantitative estimate of drug-likeness (QED) is 0.338. The summed E-state index contributed by atoms with van der Waals surface area (Å²) in [6, 6.07) is 0. The third-order valence-corrected chi connectivity index (χ3v) is 4.92. The van der Waals surface area contributed by atoms with Gasteiger partial charge in [0.05, 0.1) is 17.0 Å². The Kier molecular flexibility index (Phi) is 2.67. The van der Waals surface area contributed by atoms with E-state index in [0.717, 1.165) is 0 Å². The minimum absolute atomic E-state index is 0.0390. The first-order valence-electron chi connectivity index (χ1n) is 7.09. The lowest BCUT2D eigenvalue weighted by atomic mass is 10.1. The minimum Gasteiger partial charge on any atom is -0.390 e. The number of hydrogen-bond donors (Lipinski definition) is 7. The second kappa shape index (κ2) is 4.29.